The number of benzene rings is 1. The Morgan fingerprint density at radius 1 is 1.08 bits per heavy atom. The lowest BCUT2D eigenvalue weighted by atomic mass is 10.2. The highest BCUT2D eigenvalue weighted by Gasteiger charge is 2.13. The third kappa shape index (κ3) is 5.07. The van der Waals surface area contributed by atoms with Crippen molar-refractivity contribution in [1.29, 1.82) is 0 Å². The Morgan fingerprint density at radius 3 is 2.42 bits per heavy atom. The first-order valence-corrected chi connectivity index (χ1v) is 7.64. The molecule has 1 aromatic carbocycles. The molecule has 0 N–H and O–H groups in total. The Balaban J connectivity index is 1.98. The molecule has 1 aromatic heterocycles. The van der Waals surface area contributed by atoms with E-state index >= 15 is 0 Å². The van der Waals surface area contributed by atoms with Gasteiger partial charge in [0, 0.05) is 17.7 Å². The quantitative estimate of drug-likeness (QED) is 0.513. The zero-order valence-corrected chi connectivity index (χ0v) is 14.6. The number of hydrogen-bond donors (Lipinski definition) is 0. The summed E-state index contributed by atoms with van der Waals surface area (Å²) in [7, 11) is 3.06. The number of nitrogens with zero attached hydrogens (tertiary/aromatic N) is 2. The van der Waals surface area contributed by atoms with E-state index < -0.39 is 11.9 Å². The first kappa shape index (κ1) is 19.0. The molecule has 1 heterocycles. The summed E-state index contributed by atoms with van der Waals surface area (Å²) >= 11 is 0. The van der Waals surface area contributed by atoms with Crippen molar-refractivity contribution in [3.63, 3.8) is 0 Å². The van der Waals surface area contributed by atoms with Gasteiger partial charge in [-0.05, 0) is 25.1 Å². The Labute approximate surface area is 149 Å². The molecule has 0 aliphatic rings. The molecular weight excluding hydrogens is 344 g/mol. The summed E-state index contributed by atoms with van der Waals surface area (Å²) < 4.78 is 25.0. The van der Waals surface area contributed by atoms with Crippen LogP contribution in [0.3, 0.4) is 0 Å². The van der Waals surface area contributed by atoms with Crippen LogP contribution in [0.25, 0.3) is 11.4 Å². The number of carbonyl (C=O) groups excluding carboxylic acids is 2. The van der Waals surface area contributed by atoms with Gasteiger partial charge < -0.3 is 23.5 Å². The standard InChI is InChI=1S/C17H18N2O7/c1-4-24-15(20)7-8-16(21)25-10-14-18-17(19-26-14)11-5-6-12(22-2)13(9-11)23-3/h5-9H,4,10H2,1-3H3. The first-order chi connectivity index (χ1) is 12.6. The summed E-state index contributed by atoms with van der Waals surface area (Å²) in [6, 6.07) is 5.15. The molecule has 9 heteroatoms. The van der Waals surface area contributed by atoms with Gasteiger partial charge in [-0.1, -0.05) is 5.16 Å². The Bertz CT molecular complexity index is 798. The van der Waals surface area contributed by atoms with E-state index in [4.69, 9.17) is 18.7 Å². The van der Waals surface area contributed by atoms with Crippen molar-refractivity contribution in [2.24, 2.45) is 0 Å². The Morgan fingerprint density at radius 2 is 1.77 bits per heavy atom. The fourth-order valence-electron chi connectivity index (χ4n) is 1.91. The molecule has 138 valence electrons. The second-order valence-corrected chi connectivity index (χ2v) is 4.77. The summed E-state index contributed by atoms with van der Waals surface area (Å²) in [6.45, 7) is 1.65. The van der Waals surface area contributed by atoms with Crippen molar-refractivity contribution >= 4 is 11.9 Å². The predicted octanol–water partition coefficient (Wildman–Crippen LogP) is 1.92. The van der Waals surface area contributed by atoms with E-state index in [2.05, 4.69) is 14.9 Å². The van der Waals surface area contributed by atoms with Crippen LogP contribution in [0.1, 0.15) is 12.8 Å². The minimum Gasteiger partial charge on any atom is -0.493 e. The summed E-state index contributed by atoms with van der Waals surface area (Å²) in [5.41, 5.74) is 0.645. The summed E-state index contributed by atoms with van der Waals surface area (Å²) in [6.07, 6.45) is 1.94. The molecule has 0 bridgehead atoms. The number of aromatic nitrogens is 2. The van der Waals surface area contributed by atoms with Crippen molar-refractivity contribution in [3.8, 4) is 22.9 Å². The van der Waals surface area contributed by atoms with Crippen LogP contribution in [0.5, 0.6) is 11.5 Å². The molecule has 2 rings (SSSR count). The molecule has 0 unspecified atom stereocenters. The Hall–Kier alpha value is -3.36. The minimum absolute atomic E-state index is 0.104. The zero-order chi connectivity index (χ0) is 18.9. The third-order valence-electron chi connectivity index (χ3n) is 3.09. The van der Waals surface area contributed by atoms with Gasteiger partial charge >= 0.3 is 11.9 Å². The van der Waals surface area contributed by atoms with Crippen LogP contribution in [-0.2, 0) is 25.7 Å². The highest BCUT2D eigenvalue weighted by Crippen LogP contribution is 2.31. The third-order valence-corrected chi connectivity index (χ3v) is 3.09. The monoisotopic (exact) mass is 362 g/mol. The Kier molecular flexibility index (Phi) is 6.72. The molecular formula is C17H18N2O7. The first-order valence-electron chi connectivity index (χ1n) is 7.64. The molecule has 0 fully saturated rings. The van der Waals surface area contributed by atoms with Crippen LogP contribution in [-0.4, -0.2) is 42.9 Å². The second-order valence-electron chi connectivity index (χ2n) is 4.77. The fourth-order valence-corrected chi connectivity index (χ4v) is 1.91. The van der Waals surface area contributed by atoms with Gasteiger partial charge in [-0.25, -0.2) is 9.59 Å². The number of carbonyl (C=O) groups is 2. The van der Waals surface area contributed by atoms with E-state index in [0.29, 0.717) is 22.9 Å². The van der Waals surface area contributed by atoms with Crippen molar-refractivity contribution in [3.05, 3.63) is 36.2 Å². The van der Waals surface area contributed by atoms with Crippen molar-refractivity contribution in [2.75, 3.05) is 20.8 Å². The number of esters is 2. The van der Waals surface area contributed by atoms with E-state index in [0.717, 1.165) is 12.2 Å². The summed E-state index contributed by atoms with van der Waals surface area (Å²) in [5.74, 6) is 0.141. The number of methoxy groups -OCH3 is 2. The molecule has 0 amide bonds. The molecule has 0 saturated heterocycles. The highest BCUT2D eigenvalue weighted by atomic mass is 16.6. The average Bonchev–Trinajstić information content (AvgIpc) is 3.13. The van der Waals surface area contributed by atoms with Gasteiger partial charge in [0.2, 0.25) is 5.82 Å². The van der Waals surface area contributed by atoms with Gasteiger partial charge in [0.25, 0.3) is 5.89 Å². The van der Waals surface area contributed by atoms with Crippen LogP contribution in [0.15, 0.2) is 34.9 Å². The smallest absolute Gasteiger partial charge is 0.331 e. The maximum absolute atomic E-state index is 11.5. The largest absolute Gasteiger partial charge is 0.493 e. The van der Waals surface area contributed by atoms with Gasteiger partial charge in [0.05, 0.1) is 20.8 Å². The molecule has 9 nitrogen and oxygen atoms in total. The summed E-state index contributed by atoms with van der Waals surface area (Å²) in [4.78, 5) is 26.8. The lowest BCUT2D eigenvalue weighted by molar-refractivity contribution is -0.141. The number of ether oxygens (including phenoxy) is 4. The van der Waals surface area contributed by atoms with Crippen LogP contribution in [0, 0.1) is 0 Å². The zero-order valence-electron chi connectivity index (χ0n) is 14.6. The molecule has 0 atom stereocenters. The van der Waals surface area contributed by atoms with Crippen LogP contribution >= 0.6 is 0 Å². The lowest BCUT2D eigenvalue weighted by Crippen LogP contribution is -2.04. The summed E-state index contributed by atoms with van der Waals surface area (Å²) in [5, 5.41) is 3.83. The number of rotatable bonds is 8. The van der Waals surface area contributed by atoms with Crippen LogP contribution < -0.4 is 9.47 Å². The van der Waals surface area contributed by atoms with E-state index in [9.17, 15) is 9.59 Å². The molecule has 0 aliphatic carbocycles. The molecule has 0 aliphatic heterocycles. The van der Waals surface area contributed by atoms with Gasteiger partial charge in [-0.2, -0.15) is 4.98 Å². The van der Waals surface area contributed by atoms with Crippen molar-refractivity contribution in [1.82, 2.24) is 10.1 Å². The van der Waals surface area contributed by atoms with E-state index in [1.807, 2.05) is 0 Å². The lowest BCUT2D eigenvalue weighted by Gasteiger charge is -2.07. The van der Waals surface area contributed by atoms with Gasteiger partial charge in [-0.3, -0.25) is 0 Å². The second kappa shape index (κ2) is 9.21. The van der Waals surface area contributed by atoms with Gasteiger partial charge in [0.1, 0.15) is 0 Å². The van der Waals surface area contributed by atoms with Crippen molar-refractivity contribution < 1.29 is 33.1 Å². The molecule has 0 spiro atoms. The highest BCUT2D eigenvalue weighted by molar-refractivity contribution is 5.91. The maximum Gasteiger partial charge on any atom is 0.331 e. The van der Waals surface area contributed by atoms with Gasteiger partial charge in [0.15, 0.2) is 18.1 Å². The van der Waals surface area contributed by atoms with Crippen LogP contribution in [0.2, 0.25) is 0 Å². The van der Waals surface area contributed by atoms with Gasteiger partial charge in [-0.15, -0.1) is 0 Å². The molecule has 0 saturated carbocycles. The van der Waals surface area contributed by atoms with Crippen molar-refractivity contribution in [2.45, 2.75) is 13.5 Å². The SMILES string of the molecule is CCOC(=O)C=CC(=O)OCc1nc(-c2ccc(OC)c(OC)c2)no1. The molecule has 26 heavy (non-hydrogen) atoms. The van der Waals surface area contributed by atoms with Crippen LogP contribution in [0.4, 0.5) is 0 Å². The fraction of sp³-hybridized carbons (Fsp3) is 0.294. The van der Waals surface area contributed by atoms with E-state index in [1.165, 1.54) is 14.2 Å². The number of hydrogen-bond acceptors (Lipinski definition) is 9. The average molecular weight is 362 g/mol. The molecule has 2 aromatic rings. The van der Waals surface area contributed by atoms with E-state index in [1.54, 1.807) is 25.1 Å². The predicted molar refractivity (Wildman–Crippen MR) is 88.4 cm³/mol. The normalized spacial score (nSPS) is 10.6. The topological polar surface area (TPSA) is 110 Å². The minimum atomic E-state index is -0.732. The van der Waals surface area contributed by atoms with E-state index in [-0.39, 0.29) is 19.1 Å². The maximum atomic E-state index is 11.5. The molecule has 0 radical (unpaired) electrons.